The molecule has 0 saturated heterocycles. The number of aryl methyl sites for hydroxylation is 1. The predicted molar refractivity (Wildman–Crippen MR) is 156 cm³/mol. The van der Waals surface area contributed by atoms with E-state index in [1.54, 1.807) is 31.2 Å². The number of carboxylic acid groups (broad SMARTS) is 1. The molecule has 2 amide bonds. The van der Waals surface area contributed by atoms with Crippen LogP contribution in [-0.4, -0.2) is 48.8 Å². The second kappa shape index (κ2) is 14.0. The molecule has 5 N–H and O–H groups in total. The molecule has 3 aromatic rings. The number of carboxylic acids is 1. The Kier molecular flexibility index (Phi) is 10.5. The number of methoxy groups -OCH3 is 1. The molecule has 0 fully saturated rings. The number of ketones is 1. The quantitative estimate of drug-likeness (QED) is 0.182. The average Bonchev–Trinajstić information content (AvgIpc) is 2.90. The normalized spacial score (nSPS) is 11.4. The topological polar surface area (TPSA) is 138 Å². The van der Waals surface area contributed by atoms with Crippen molar-refractivity contribution < 1.29 is 29.0 Å². The van der Waals surface area contributed by atoms with Crippen molar-refractivity contribution >= 4 is 34.8 Å². The fraction of sp³-hybridized carbons (Fsp3) is 0.300. The number of ether oxygens (including phenoxy) is 2. The Morgan fingerprint density at radius 3 is 2.27 bits per heavy atom. The Bertz CT molecular complexity index is 1360. The molecule has 0 radical (unpaired) electrons. The first-order valence-electron chi connectivity index (χ1n) is 12.9. The van der Waals surface area contributed by atoms with E-state index in [0.29, 0.717) is 28.6 Å². The molecule has 1 unspecified atom stereocenters. The molecule has 40 heavy (non-hydrogen) atoms. The monoisotopic (exact) mass is 548 g/mol. The van der Waals surface area contributed by atoms with Gasteiger partial charge in [-0.3, -0.25) is 10.1 Å². The van der Waals surface area contributed by atoms with E-state index in [1.165, 1.54) is 19.2 Å². The minimum absolute atomic E-state index is 0.0580. The Morgan fingerprint density at radius 2 is 1.60 bits per heavy atom. The van der Waals surface area contributed by atoms with E-state index in [4.69, 9.17) is 9.47 Å². The van der Waals surface area contributed by atoms with Crippen molar-refractivity contribution in [2.75, 3.05) is 29.6 Å². The molecular weight excluding hydrogens is 512 g/mol. The maximum Gasteiger partial charge on any atom is 0.335 e. The summed E-state index contributed by atoms with van der Waals surface area (Å²) in [6.45, 7) is 7.61. The van der Waals surface area contributed by atoms with Crippen LogP contribution in [0, 0.1) is 6.92 Å². The van der Waals surface area contributed by atoms with Gasteiger partial charge in [0, 0.05) is 18.2 Å². The Balaban J connectivity index is 1.55. The summed E-state index contributed by atoms with van der Waals surface area (Å²) in [6.07, 6.45) is -0.362. The van der Waals surface area contributed by atoms with Crippen LogP contribution in [0.2, 0.25) is 0 Å². The third-order valence-electron chi connectivity index (χ3n) is 5.87. The molecule has 0 saturated carbocycles. The molecule has 10 heteroatoms. The highest BCUT2D eigenvalue weighted by molar-refractivity contribution is 6.01. The molecular formula is C30H36N4O6. The lowest BCUT2D eigenvalue weighted by molar-refractivity contribution is -0.118. The smallest absolute Gasteiger partial charge is 0.335 e. The summed E-state index contributed by atoms with van der Waals surface area (Å²) in [7, 11) is 1.50. The number of nitrogens with one attached hydrogen (secondary N) is 4. The zero-order valence-corrected chi connectivity index (χ0v) is 23.3. The van der Waals surface area contributed by atoms with Crippen LogP contribution in [0.25, 0.3) is 0 Å². The van der Waals surface area contributed by atoms with Gasteiger partial charge < -0.3 is 30.5 Å². The van der Waals surface area contributed by atoms with E-state index in [9.17, 15) is 19.5 Å². The second-order valence-corrected chi connectivity index (χ2v) is 9.60. The highest BCUT2D eigenvalue weighted by Gasteiger charge is 2.15. The van der Waals surface area contributed by atoms with Gasteiger partial charge >= 0.3 is 12.0 Å². The number of carbonyl (C=O) groups excluding carboxylic acids is 2. The van der Waals surface area contributed by atoms with Crippen LogP contribution >= 0.6 is 0 Å². The molecule has 0 aliphatic heterocycles. The Morgan fingerprint density at radius 1 is 0.875 bits per heavy atom. The molecule has 0 heterocycles. The van der Waals surface area contributed by atoms with Crippen LogP contribution in [0.15, 0.2) is 60.7 Å². The lowest BCUT2D eigenvalue weighted by atomic mass is 10.1. The van der Waals surface area contributed by atoms with Crippen molar-refractivity contribution in [2.45, 2.75) is 46.4 Å². The number of carbonyl (C=O) groups is 3. The number of anilines is 3. The summed E-state index contributed by atoms with van der Waals surface area (Å²) in [5, 5.41) is 21.1. The van der Waals surface area contributed by atoms with Gasteiger partial charge in [0.1, 0.15) is 17.7 Å². The standard InChI is InChI=1S/C30H36N4O6/c1-18(2)32-26-16-22(29(36)37)11-13-27(26)40-20(4)31-17-23(35)14-21-10-12-25(28(15-21)39-5)34-30(38)33-24-9-7-6-8-19(24)3/h6-13,15-16,18,20,31-32H,14,17H2,1-5H3,(H,36,37)(H2,33,34,38). The molecule has 0 spiro atoms. The molecule has 1 atom stereocenters. The number of benzene rings is 3. The molecule has 0 aliphatic rings. The minimum Gasteiger partial charge on any atom is -0.495 e. The molecule has 0 aliphatic carbocycles. The SMILES string of the molecule is COc1cc(CC(=O)CNC(C)Oc2ccc(C(=O)O)cc2NC(C)C)ccc1NC(=O)Nc1ccccc1C. The number of urea groups is 1. The molecule has 3 aromatic carbocycles. The van der Waals surface area contributed by atoms with Gasteiger partial charge in [0.15, 0.2) is 5.78 Å². The van der Waals surface area contributed by atoms with Gasteiger partial charge in [-0.15, -0.1) is 0 Å². The maximum atomic E-state index is 12.7. The van der Waals surface area contributed by atoms with E-state index in [1.807, 2.05) is 45.0 Å². The van der Waals surface area contributed by atoms with E-state index in [0.717, 1.165) is 11.1 Å². The van der Waals surface area contributed by atoms with Crippen LogP contribution in [0.3, 0.4) is 0 Å². The lowest BCUT2D eigenvalue weighted by Crippen LogP contribution is -2.36. The van der Waals surface area contributed by atoms with E-state index in [2.05, 4.69) is 21.3 Å². The van der Waals surface area contributed by atoms with Crippen LogP contribution in [0.5, 0.6) is 11.5 Å². The lowest BCUT2D eigenvalue weighted by Gasteiger charge is -2.20. The van der Waals surface area contributed by atoms with Crippen molar-refractivity contribution in [3.63, 3.8) is 0 Å². The van der Waals surface area contributed by atoms with E-state index >= 15 is 0 Å². The number of rotatable bonds is 13. The van der Waals surface area contributed by atoms with Gasteiger partial charge in [-0.1, -0.05) is 24.3 Å². The summed E-state index contributed by atoms with van der Waals surface area (Å²) < 4.78 is 11.4. The predicted octanol–water partition coefficient (Wildman–Crippen LogP) is 5.29. The van der Waals surface area contributed by atoms with Crippen LogP contribution in [-0.2, 0) is 11.2 Å². The van der Waals surface area contributed by atoms with Crippen LogP contribution < -0.4 is 30.7 Å². The summed E-state index contributed by atoms with van der Waals surface area (Å²) in [4.78, 5) is 36.5. The fourth-order valence-electron chi connectivity index (χ4n) is 3.91. The van der Waals surface area contributed by atoms with Gasteiger partial charge in [-0.2, -0.15) is 0 Å². The second-order valence-electron chi connectivity index (χ2n) is 9.60. The minimum atomic E-state index is -1.03. The van der Waals surface area contributed by atoms with Gasteiger partial charge in [-0.05, 0) is 75.2 Å². The first-order valence-corrected chi connectivity index (χ1v) is 12.9. The molecule has 0 aromatic heterocycles. The molecule has 3 rings (SSSR count). The van der Waals surface area contributed by atoms with Crippen molar-refractivity contribution in [3.05, 3.63) is 77.4 Å². The first kappa shape index (κ1) is 30.0. The third-order valence-corrected chi connectivity index (χ3v) is 5.87. The Hall–Kier alpha value is -4.57. The summed E-state index contributed by atoms with van der Waals surface area (Å²) in [5.74, 6) is -0.186. The van der Waals surface area contributed by atoms with Crippen molar-refractivity contribution in [1.82, 2.24) is 5.32 Å². The number of amides is 2. The van der Waals surface area contributed by atoms with Gasteiger partial charge in [0.25, 0.3) is 0 Å². The zero-order chi connectivity index (χ0) is 29.2. The first-order chi connectivity index (χ1) is 19.0. The van der Waals surface area contributed by atoms with E-state index in [-0.39, 0.29) is 30.4 Å². The fourth-order valence-corrected chi connectivity index (χ4v) is 3.91. The van der Waals surface area contributed by atoms with Crippen LogP contribution in [0.4, 0.5) is 21.9 Å². The van der Waals surface area contributed by atoms with Crippen molar-refractivity contribution in [1.29, 1.82) is 0 Å². The molecule has 0 bridgehead atoms. The summed E-state index contributed by atoms with van der Waals surface area (Å²) >= 11 is 0. The number of para-hydroxylation sites is 1. The van der Waals surface area contributed by atoms with E-state index < -0.39 is 18.2 Å². The van der Waals surface area contributed by atoms with Gasteiger partial charge in [0.05, 0.1) is 30.6 Å². The number of aromatic carboxylic acids is 1. The summed E-state index contributed by atoms with van der Waals surface area (Å²) in [6, 6.07) is 16.9. The number of Topliss-reactive ketones (excluding diaryl/α,β-unsaturated/α-hetero) is 1. The third kappa shape index (κ3) is 8.74. The largest absolute Gasteiger partial charge is 0.495 e. The molecule has 212 valence electrons. The van der Waals surface area contributed by atoms with Gasteiger partial charge in [0.2, 0.25) is 0 Å². The van der Waals surface area contributed by atoms with Gasteiger partial charge in [-0.25, -0.2) is 9.59 Å². The highest BCUT2D eigenvalue weighted by Crippen LogP contribution is 2.28. The molecule has 10 nitrogen and oxygen atoms in total. The zero-order valence-electron chi connectivity index (χ0n) is 23.3. The average molecular weight is 549 g/mol. The van der Waals surface area contributed by atoms with Crippen molar-refractivity contribution in [3.8, 4) is 11.5 Å². The summed E-state index contributed by atoms with van der Waals surface area (Å²) in [5.41, 5.74) is 3.56. The highest BCUT2D eigenvalue weighted by atomic mass is 16.5. The van der Waals surface area contributed by atoms with Crippen LogP contribution in [0.1, 0.15) is 42.3 Å². The number of hydrogen-bond acceptors (Lipinski definition) is 7. The number of hydrogen-bond donors (Lipinski definition) is 5. The Labute approximate surface area is 234 Å². The maximum absolute atomic E-state index is 12.7. The van der Waals surface area contributed by atoms with Crippen molar-refractivity contribution in [2.24, 2.45) is 0 Å².